The molecule has 0 radical (unpaired) electrons. The zero-order valence-electron chi connectivity index (χ0n) is 10.3. The number of alkyl halides is 5. The fourth-order valence-electron chi connectivity index (χ4n) is 1.78. The van der Waals surface area contributed by atoms with Gasteiger partial charge in [-0.25, -0.2) is 0 Å². The van der Waals surface area contributed by atoms with Gasteiger partial charge >= 0.3 is 12.1 Å². The lowest BCUT2D eigenvalue weighted by Gasteiger charge is -2.24. The van der Waals surface area contributed by atoms with Crippen molar-refractivity contribution in [2.45, 2.75) is 25.1 Å². The zero-order chi connectivity index (χ0) is 15.7. The van der Waals surface area contributed by atoms with Crippen LogP contribution in [0.4, 0.5) is 22.0 Å². The molecule has 20 heavy (non-hydrogen) atoms. The normalized spacial score (nSPS) is 14.2. The maximum absolute atomic E-state index is 13.4. The SMILES string of the molecule is CC(=O)c1c([C@@H](O)CN)cccc1C(F)(F)C(F)(F)F. The van der Waals surface area contributed by atoms with Gasteiger partial charge in [0.25, 0.3) is 0 Å². The van der Waals surface area contributed by atoms with E-state index in [1.165, 1.54) is 0 Å². The number of Topliss-reactive ketones (excluding diaryl/α,β-unsaturated/α-hetero) is 1. The van der Waals surface area contributed by atoms with E-state index in [4.69, 9.17) is 5.73 Å². The van der Waals surface area contributed by atoms with E-state index in [-0.39, 0.29) is 5.56 Å². The van der Waals surface area contributed by atoms with Gasteiger partial charge < -0.3 is 10.8 Å². The Morgan fingerprint density at radius 3 is 2.25 bits per heavy atom. The lowest BCUT2D eigenvalue weighted by Crippen LogP contribution is -2.35. The van der Waals surface area contributed by atoms with E-state index in [0.29, 0.717) is 6.07 Å². The number of ketones is 1. The Morgan fingerprint density at radius 2 is 1.85 bits per heavy atom. The minimum absolute atomic E-state index is 0.346. The molecule has 1 aromatic carbocycles. The highest BCUT2D eigenvalue weighted by Crippen LogP contribution is 2.46. The first-order valence-corrected chi connectivity index (χ1v) is 5.51. The van der Waals surface area contributed by atoms with Gasteiger partial charge in [0.2, 0.25) is 0 Å². The second-order valence-corrected chi connectivity index (χ2v) is 4.15. The van der Waals surface area contributed by atoms with Crippen molar-refractivity contribution in [1.82, 2.24) is 0 Å². The molecule has 1 aromatic rings. The topological polar surface area (TPSA) is 63.3 Å². The summed E-state index contributed by atoms with van der Waals surface area (Å²) in [7, 11) is 0. The van der Waals surface area contributed by atoms with Crippen LogP contribution in [0.5, 0.6) is 0 Å². The number of carbonyl (C=O) groups is 1. The molecule has 3 N–H and O–H groups in total. The molecule has 8 heteroatoms. The molecule has 0 aromatic heterocycles. The van der Waals surface area contributed by atoms with E-state index in [1.807, 2.05) is 0 Å². The van der Waals surface area contributed by atoms with Crippen LogP contribution >= 0.6 is 0 Å². The summed E-state index contributed by atoms with van der Waals surface area (Å²) in [6, 6.07) is 2.51. The van der Waals surface area contributed by atoms with E-state index in [1.54, 1.807) is 0 Å². The van der Waals surface area contributed by atoms with Crippen LogP contribution in [0.25, 0.3) is 0 Å². The number of aliphatic hydroxyl groups is 1. The first kappa shape index (κ1) is 16.5. The van der Waals surface area contributed by atoms with Crippen LogP contribution in [0.15, 0.2) is 18.2 Å². The van der Waals surface area contributed by atoms with Crippen molar-refractivity contribution < 1.29 is 31.9 Å². The van der Waals surface area contributed by atoms with Gasteiger partial charge in [0, 0.05) is 17.7 Å². The van der Waals surface area contributed by atoms with Gasteiger partial charge in [0.1, 0.15) is 0 Å². The fraction of sp³-hybridized carbons (Fsp3) is 0.417. The maximum atomic E-state index is 13.4. The lowest BCUT2D eigenvalue weighted by atomic mass is 9.91. The molecule has 0 saturated heterocycles. The molecular weight excluding hydrogens is 285 g/mol. The number of hydrogen-bond donors (Lipinski definition) is 2. The third-order valence-electron chi connectivity index (χ3n) is 2.73. The molecule has 1 rings (SSSR count). The van der Waals surface area contributed by atoms with Crippen molar-refractivity contribution >= 4 is 5.78 Å². The van der Waals surface area contributed by atoms with Crippen LogP contribution in [0, 0.1) is 0 Å². The zero-order valence-corrected chi connectivity index (χ0v) is 10.3. The number of carbonyl (C=O) groups excluding carboxylic acids is 1. The van der Waals surface area contributed by atoms with E-state index in [9.17, 15) is 31.9 Å². The van der Waals surface area contributed by atoms with Crippen LogP contribution in [0.3, 0.4) is 0 Å². The Labute approximate surface area is 111 Å². The largest absolute Gasteiger partial charge is 0.458 e. The second kappa shape index (κ2) is 5.45. The van der Waals surface area contributed by atoms with Crippen LogP contribution in [0.1, 0.15) is 34.5 Å². The third-order valence-corrected chi connectivity index (χ3v) is 2.73. The van der Waals surface area contributed by atoms with E-state index < -0.39 is 41.7 Å². The first-order chi connectivity index (χ1) is 9.04. The molecule has 1 atom stereocenters. The van der Waals surface area contributed by atoms with Crippen molar-refractivity contribution in [3.05, 3.63) is 34.9 Å². The Kier molecular flexibility index (Phi) is 4.50. The molecule has 0 aliphatic rings. The molecule has 0 bridgehead atoms. The van der Waals surface area contributed by atoms with Gasteiger partial charge in [-0.3, -0.25) is 4.79 Å². The van der Waals surface area contributed by atoms with Crippen LogP contribution < -0.4 is 5.73 Å². The fourth-order valence-corrected chi connectivity index (χ4v) is 1.78. The number of nitrogens with two attached hydrogens (primary N) is 1. The predicted octanol–water partition coefficient (Wildman–Crippen LogP) is 2.54. The molecule has 3 nitrogen and oxygen atoms in total. The van der Waals surface area contributed by atoms with Gasteiger partial charge in [-0.1, -0.05) is 18.2 Å². The van der Waals surface area contributed by atoms with Gasteiger partial charge in [-0.2, -0.15) is 22.0 Å². The van der Waals surface area contributed by atoms with Crippen molar-refractivity contribution in [2.24, 2.45) is 5.73 Å². The monoisotopic (exact) mass is 297 g/mol. The number of aliphatic hydroxyl groups excluding tert-OH is 1. The standard InChI is InChI=1S/C12H12F5NO2/c1-6(19)10-7(9(20)5-18)3-2-4-8(10)11(13,14)12(15,16)17/h2-4,9,20H,5,18H2,1H3/t9-/m0/s1. The summed E-state index contributed by atoms with van der Waals surface area (Å²) < 4.78 is 64.2. The number of hydrogen-bond acceptors (Lipinski definition) is 3. The van der Waals surface area contributed by atoms with Crippen LogP contribution in [-0.2, 0) is 5.92 Å². The summed E-state index contributed by atoms with van der Waals surface area (Å²) in [5.41, 5.74) is 2.46. The average molecular weight is 297 g/mol. The molecule has 0 unspecified atom stereocenters. The average Bonchev–Trinajstić information content (AvgIpc) is 2.35. The van der Waals surface area contributed by atoms with Gasteiger partial charge in [-0.15, -0.1) is 0 Å². The van der Waals surface area contributed by atoms with Crippen molar-refractivity contribution in [1.29, 1.82) is 0 Å². The highest BCUT2D eigenvalue weighted by molar-refractivity contribution is 5.97. The number of halogens is 5. The summed E-state index contributed by atoms with van der Waals surface area (Å²) in [6.07, 6.45) is -7.35. The molecular formula is C12H12F5NO2. The molecule has 112 valence electrons. The molecule has 0 aliphatic carbocycles. The maximum Gasteiger partial charge on any atom is 0.458 e. The highest BCUT2D eigenvalue weighted by Gasteiger charge is 2.60. The number of benzene rings is 1. The summed E-state index contributed by atoms with van der Waals surface area (Å²) in [5, 5.41) is 9.55. The van der Waals surface area contributed by atoms with Crippen LogP contribution in [0.2, 0.25) is 0 Å². The molecule has 0 amide bonds. The van der Waals surface area contributed by atoms with Crippen molar-refractivity contribution in [2.75, 3.05) is 6.54 Å². The summed E-state index contributed by atoms with van der Waals surface area (Å²) >= 11 is 0. The molecule has 0 fully saturated rings. The predicted molar refractivity (Wildman–Crippen MR) is 60.4 cm³/mol. The van der Waals surface area contributed by atoms with Crippen molar-refractivity contribution in [3.63, 3.8) is 0 Å². The Balaban J connectivity index is 3.61. The third kappa shape index (κ3) is 2.80. The second-order valence-electron chi connectivity index (χ2n) is 4.15. The number of rotatable bonds is 4. The summed E-state index contributed by atoms with van der Waals surface area (Å²) in [5.74, 6) is -6.20. The van der Waals surface area contributed by atoms with Gasteiger partial charge in [-0.05, 0) is 12.5 Å². The van der Waals surface area contributed by atoms with Crippen molar-refractivity contribution in [3.8, 4) is 0 Å². The molecule has 0 spiro atoms. The smallest absolute Gasteiger partial charge is 0.387 e. The quantitative estimate of drug-likeness (QED) is 0.663. The highest BCUT2D eigenvalue weighted by atomic mass is 19.4. The Bertz CT molecular complexity index is 513. The molecule has 0 saturated carbocycles. The van der Waals surface area contributed by atoms with E-state index in [2.05, 4.69) is 0 Å². The minimum Gasteiger partial charge on any atom is -0.387 e. The minimum atomic E-state index is -5.84. The Morgan fingerprint density at radius 1 is 1.30 bits per heavy atom. The summed E-state index contributed by atoms with van der Waals surface area (Å²) in [6.45, 7) is 0.430. The summed E-state index contributed by atoms with van der Waals surface area (Å²) in [4.78, 5) is 11.4. The van der Waals surface area contributed by atoms with E-state index in [0.717, 1.165) is 19.1 Å². The molecule has 0 aliphatic heterocycles. The lowest BCUT2D eigenvalue weighted by molar-refractivity contribution is -0.289. The first-order valence-electron chi connectivity index (χ1n) is 5.51. The molecule has 0 heterocycles. The van der Waals surface area contributed by atoms with E-state index >= 15 is 0 Å². The van der Waals surface area contributed by atoms with Gasteiger partial charge in [0.05, 0.1) is 6.10 Å². The van der Waals surface area contributed by atoms with Gasteiger partial charge in [0.15, 0.2) is 5.78 Å². The van der Waals surface area contributed by atoms with Crippen LogP contribution in [-0.4, -0.2) is 23.6 Å². The Hall–Kier alpha value is -1.54.